The fourth-order valence-corrected chi connectivity index (χ4v) is 4.49. The van der Waals surface area contributed by atoms with Gasteiger partial charge in [-0.15, -0.1) is 0 Å². The van der Waals surface area contributed by atoms with Gasteiger partial charge in [0.25, 0.3) is 0 Å². The molecule has 2 fully saturated rings. The van der Waals surface area contributed by atoms with Gasteiger partial charge in [0.15, 0.2) is 0 Å². The van der Waals surface area contributed by atoms with Crippen LogP contribution in [0.3, 0.4) is 0 Å². The lowest BCUT2D eigenvalue weighted by Crippen LogP contribution is -2.36. The first-order chi connectivity index (χ1) is 18.0. The van der Waals surface area contributed by atoms with Crippen LogP contribution in [-0.2, 0) is 14.3 Å². The van der Waals surface area contributed by atoms with Crippen LogP contribution in [0.2, 0.25) is 0 Å². The van der Waals surface area contributed by atoms with Gasteiger partial charge in [-0.25, -0.2) is 9.97 Å². The molecule has 3 aromatic rings. The Morgan fingerprint density at radius 1 is 1.03 bits per heavy atom. The first-order valence-electron chi connectivity index (χ1n) is 12.3. The van der Waals surface area contributed by atoms with Crippen molar-refractivity contribution in [1.29, 1.82) is 0 Å². The van der Waals surface area contributed by atoms with Gasteiger partial charge in [-0.3, -0.25) is 9.59 Å². The van der Waals surface area contributed by atoms with Gasteiger partial charge in [0.1, 0.15) is 23.2 Å². The van der Waals surface area contributed by atoms with E-state index in [0.29, 0.717) is 37.1 Å². The standard InChI is InChI=1S/C27H30N6O4/c1-18-28-24(16-25(29-18)32-11-13-37-14-12-32)30-20-3-5-21(6-4-20)31-27(35)19-15-26(34)33(17-19)22-7-9-23(36-2)10-8-22/h3-10,16,19H,11-15,17H2,1-2H3,(H,31,35)(H,28,29,30). The molecule has 1 aromatic heterocycles. The van der Waals surface area contributed by atoms with Crippen molar-refractivity contribution in [3.8, 4) is 5.75 Å². The molecule has 192 valence electrons. The number of carbonyl (C=O) groups is 2. The molecule has 2 saturated heterocycles. The molecule has 3 heterocycles. The fraction of sp³-hybridized carbons (Fsp3) is 0.333. The van der Waals surface area contributed by atoms with E-state index in [1.807, 2.05) is 49.4 Å². The zero-order valence-corrected chi connectivity index (χ0v) is 20.9. The quantitative estimate of drug-likeness (QED) is 0.506. The molecular weight excluding hydrogens is 472 g/mol. The third-order valence-electron chi connectivity index (χ3n) is 6.46. The van der Waals surface area contributed by atoms with Crippen molar-refractivity contribution >= 4 is 40.5 Å². The van der Waals surface area contributed by atoms with Crippen molar-refractivity contribution in [3.63, 3.8) is 0 Å². The number of carbonyl (C=O) groups excluding carboxylic acids is 2. The van der Waals surface area contributed by atoms with Crippen LogP contribution in [0.15, 0.2) is 54.6 Å². The second-order valence-corrected chi connectivity index (χ2v) is 9.05. The summed E-state index contributed by atoms with van der Waals surface area (Å²) in [6, 6.07) is 16.6. The Morgan fingerprint density at radius 3 is 2.43 bits per heavy atom. The Labute approximate surface area is 215 Å². The highest BCUT2D eigenvalue weighted by Crippen LogP contribution is 2.28. The number of benzene rings is 2. The van der Waals surface area contributed by atoms with Gasteiger partial charge in [0, 0.05) is 49.2 Å². The molecule has 0 bridgehead atoms. The van der Waals surface area contributed by atoms with Crippen LogP contribution in [0, 0.1) is 12.8 Å². The molecule has 0 aliphatic carbocycles. The predicted molar refractivity (Wildman–Crippen MR) is 142 cm³/mol. The smallest absolute Gasteiger partial charge is 0.229 e. The average Bonchev–Trinajstić information content (AvgIpc) is 3.32. The maximum atomic E-state index is 12.9. The second-order valence-electron chi connectivity index (χ2n) is 9.05. The van der Waals surface area contributed by atoms with Gasteiger partial charge in [-0.05, 0) is 55.5 Å². The van der Waals surface area contributed by atoms with E-state index in [2.05, 4.69) is 25.5 Å². The highest BCUT2D eigenvalue weighted by atomic mass is 16.5. The van der Waals surface area contributed by atoms with E-state index in [4.69, 9.17) is 9.47 Å². The number of ether oxygens (including phenoxy) is 2. The number of rotatable bonds is 7. The number of nitrogens with one attached hydrogen (secondary N) is 2. The minimum atomic E-state index is -0.421. The lowest BCUT2D eigenvalue weighted by Gasteiger charge is -2.28. The molecule has 0 radical (unpaired) electrons. The van der Waals surface area contributed by atoms with Gasteiger partial charge in [0.2, 0.25) is 11.8 Å². The summed E-state index contributed by atoms with van der Waals surface area (Å²) in [6.07, 6.45) is 0.177. The summed E-state index contributed by atoms with van der Waals surface area (Å²) in [7, 11) is 1.60. The van der Waals surface area contributed by atoms with Crippen LogP contribution >= 0.6 is 0 Å². The summed E-state index contributed by atoms with van der Waals surface area (Å²) in [4.78, 5) is 38.3. The zero-order chi connectivity index (χ0) is 25.8. The number of hydrogen-bond acceptors (Lipinski definition) is 8. The lowest BCUT2D eigenvalue weighted by atomic mass is 10.1. The Hall–Kier alpha value is -4.18. The fourth-order valence-electron chi connectivity index (χ4n) is 4.49. The summed E-state index contributed by atoms with van der Waals surface area (Å²) in [5, 5.41) is 6.25. The maximum Gasteiger partial charge on any atom is 0.229 e. The molecule has 0 saturated carbocycles. The van der Waals surface area contributed by atoms with Gasteiger partial charge < -0.3 is 29.9 Å². The molecule has 0 spiro atoms. The highest BCUT2D eigenvalue weighted by molar-refractivity contribution is 6.03. The molecule has 1 atom stereocenters. The Balaban J connectivity index is 1.19. The number of aromatic nitrogens is 2. The number of amides is 2. The molecule has 2 aromatic carbocycles. The Bertz CT molecular complexity index is 1260. The van der Waals surface area contributed by atoms with Gasteiger partial charge >= 0.3 is 0 Å². The van der Waals surface area contributed by atoms with Crippen molar-refractivity contribution in [1.82, 2.24) is 9.97 Å². The number of morpholine rings is 1. The van der Waals surface area contributed by atoms with Gasteiger partial charge in [-0.1, -0.05) is 0 Å². The molecule has 37 heavy (non-hydrogen) atoms. The number of aryl methyl sites for hydroxylation is 1. The topological polar surface area (TPSA) is 109 Å². The minimum absolute atomic E-state index is 0.0681. The van der Waals surface area contributed by atoms with E-state index >= 15 is 0 Å². The molecule has 2 amide bonds. The lowest BCUT2D eigenvalue weighted by molar-refractivity contribution is -0.122. The number of methoxy groups -OCH3 is 1. The third-order valence-corrected chi connectivity index (χ3v) is 6.46. The van der Waals surface area contributed by atoms with Crippen LogP contribution in [-0.4, -0.2) is 61.7 Å². The molecule has 2 N–H and O–H groups in total. The third kappa shape index (κ3) is 5.80. The first-order valence-corrected chi connectivity index (χ1v) is 12.3. The van der Waals surface area contributed by atoms with E-state index in [-0.39, 0.29) is 18.2 Å². The van der Waals surface area contributed by atoms with Crippen molar-refractivity contribution in [3.05, 3.63) is 60.4 Å². The average molecular weight is 503 g/mol. The van der Waals surface area contributed by atoms with Gasteiger partial charge in [-0.2, -0.15) is 0 Å². The minimum Gasteiger partial charge on any atom is -0.497 e. The number of anilines is 5. The van der Waals surface area contributed by atoms with E-state index in [1.54, 1.807) is 24.1 Å². The van der Waals surface area contributed by atoms with E-state index in [9.17, 15) is 9.59 Å². The zero-order valence-electron chi connectivity index (χ0n) is 20.9. The Morgan fingerprint density at radius 2 is 1.73 bits per heavy atom. The monoisotopic (exact) mass is 502 g/mol. The van der Waals surface area contributed by atoms with E-state index < -0.39 is 5.92 Å². The maximum absolute atomic E-state index is 12.9. The van der Waals surface area contributed by atoms with Crippen LogP contribution in [0.4, 0.5) is 28.7 Å². The SMILES string of the molecule is COc1ccc(N2CC(C(=O)Nc3ccc(Nc4cc(N5CCOCC5)nc(C)n4)cc3)CC2=O)cc1. The molecule has 10 nitrogen and oxygen atoms in total. The summed E-state index contributed by atoms with van der Waals surface area (Å²) in [5.74, 6) is 2.31. The van der Waals surface area contributed by atoms with Crippen molar-refractivity contribution in [2.45, 2.75) is 13.3 Å². The normalized spacial score (nSPS) is 17.6. The summed E-state index contributed by atoms with van der Waals surface area (Å²) >= 11 is 0. The second kappa shape index (κ2) is 10.8. The largest absolute Gasteiger partial charge is 0.497 e. The number of hydrogen-bond donors (Lipinski definition) is 2. The van der Waals surface area contributed by atoms with E-state index in [0.717, 1.165) is 36.0 Å². The molecule has 2 aliphatic heterocycles. The molecule has 5 rings (SSSR count). The summed E-state index contributed by atoms with van der Waals surface area (Å²) < 4.78 is 10.6. The molecular formula is C27H30N6O4. The molecule has 10 heteroatoms. The summed E-state index contributed by atoms with van der Waals surface area (Å²) in [6.45, 7) is 5.19. The van der Waals surface area contributed by atoms with Crippen LogP contribution < -0.4 is 25.2 Å². The van der Waals surface area contributed by atoms with Crippen LogP contribution in [0.25, 0.3) is 0 Å². The Kier molecular flexibility index (Phi) is 7.18. The summed E-state index contributed by atoms with van der Waals surface area (Å²) in [5.41, 5.74) is 2.26. The first kappa shape index (κ1) is 24.5. The van der Waals surface area contributed by atoms with Crippen molar-refractivity contribution in [2.75, 3.05) is 60.4 Å². The van der Waals surface area contributed by atoms with Crippen molar-refractivity contribution < 1.29 is 19.1 Å². The number of nitrogens with zero attached hydrogens (tertiary/aromatic N) is 4. The predicted octanol–water partition coefficient (Wildman–Crippen LogP) is 3.37. The van der Waals surface area contributed by atoms with Crippen molar-refractivity contribution in [2.24, 2.45) is 5.92 Å². The molecule has 1 unspecified atom stereocenters. The highest BCUT2D eigenvalue weighted by Gasteiger charge is 2.35. The molecule has 2 aliphatic rings. The van der Waals surface area contributed by atoms with E-state index in [1.165, 1.54) is 0 Å². The van der Waals surface area contributed by atoms with Crippen LogP contribution in [0.1, 0.15) is 12.2 Å². The van der Waals surface area contributed by atoms with Crippen LogP contribution in [0.5, 0.6) is 5.75 Å². The van der Waals surface area contributed by atoms with Gasteiger partial charge in [0.05, 0.1) is 26.2 Å².